The second kappa shape index (κ2) is 5.19. The molecule has 0 atom stereocenters. The molecule has 0 saturated carbocycles. The third-order valence-corrected chi connectivity index (χ3v) is 3.45. The second-order valence-electron chi connectivity index (χ2n) is 4.02. The molecule has 0 unspecified atom stereocenters. The number of aromatic nitrogens is 1. The van der Waals surface area contributed by atoms with E-state index in [-0.39, 0.29) is 0 Å². The van der Waals surface area contributed by atoms with E-state index in [4.69, 9.17) is 16.3 Å². The molecule has 0 saturated heterocycles. The molecular formula is C15H9BrClNO. The van der Waals surface area contributed by atoms with E-state index >= 15 is 0 Å². The number of ether oxygens (including phenoxy) is 1. The van der Waals surface area contributed by atoms with Gasteiger partial charge in [-0.2, -0.15) is 0 Å². The zero-order valence-corrected chi connectivity index (χ0v) is 12.1. The first-order valence-electron chi connectivity index (χ1n) is 5.71. The highest BCUT2D eigenvalue weighted by molar-refractivity contribution is 9.10. The normalized spacial score (nSPS) is 10.6. The fraction of sp³-hybridized carbons (Fsp3) is 0. The van der Waals surface area contributed by atoms with Crippen molar-refractivity contribution < 1.29 is 4.74 Å². The highest BCUT2D eigenvalue weighted by Crippen LogP contribution is 2.30. The summed E-state index contributed by atoms with van der Waals surface area (Å²) in [7, 11) is 0. The molecule has 0 aliphatic heterocycles. The van der Waals surface area contributed by atoms with Crippen molar-refractivity contribution in [1.29, 1.82) is 0 Å². The van der Waals surface area contributed by atoms with Crippen molar-refractivity contribution in [3.05, 3.63) is 64.2 Å². The van der Waals surface area contributed by atoms with Gasteiger partial charge in [0, 0.05) is 5.39 Å². The predicted molar refractivity (Wildman–Crippen MR) is 81.0 cm³/mol. The van der Waals surface area contributed by atoms with Crippen molar-refractivity contribution in [2.75, 3.05) is 0 Å². The van der Waals surface area contributed by atoms with E-state index in [0.717, 1.165) is 21.3 Å². The number of hydrogen-bond acceptors (Lipinski definition) is 2. The first-order valence-corrected chi connectivity index (χ1v) is 6.88. The molecule has 3 aromatic rings. The van der Waals surface area contributed by atoms with E-state index in [1.54, 1.807) is 6.07 Å². The van der Waals surface area contributed by atoms with E-state index in [1.165, 1.54) is 0 Å². The molecule has 1 aromatic heterocycles. The standard InChI is InChI=1S/C15H9BrClNO/c16-15-8-5-10-9-11(6-7-13(10)18-15)19-14-4-2-1-3-12(14)17/h1-9H. The van der Waals surface area contributed by atoms with Gasteiger partial charge in [0.1, 0.15) is 16.1 Å². The van der Waals surface area contributed by atoms with E-state index in [9.17, 15) is 0 Å². The average Bonchev–Trinajstić information content (AvgIpc) is 2.41. The van der Waals surface area contributed by atoms with E-state index in [1.807, 2.05) is 48.5 Å². The molecule has 3 rings (SSSR count). The molecule has 2 nitrogen and oxygen atoms in total. The van der Waals surface area contributed by atoms with Gasteiger partial charge < -0.3 is 4.74 Å². The van der Waals surface area contributed by atoms with Crippen molar-refractivity contribution in [3.63, 3.8) is 0 Å². The minimum Gasteiger partial charge on any atom is -0.456 e. The van der Waals surface area contributed by atoms with E-state index in [2.05, 4.69) is 20.9 Å². The minimum absolute atomic E-state index is 0.594. The largest absolute Gasteiger partial charge is 0.456 e. The summed E-state index contributed by atoms with van der Waals surface area (Å²) in [5.41, 5.74) is 0.917. The Morgan fingerprint density at radius 2 is 1.84 bits per heavy atom. The summed E-state index contributed by atoms with van der Waals surface area (Å²) in [4.78, 5) is 4.38. The third kappa shape index (κ3) is 2.72. The van der Waals surface area contributed by atoms with Crippen molar-refractivity contribution in [2.45, 2.75) is 0 Å². The minimum atomic E-state index is 0.594. The Morgan fingerprint density at radius 3 is 2.68 bits per heavy atom. The monoisotopic (exact) mass is 333 g/mol. The van der Waals surface area contributed by atoms with Gasteiger partial charge in [-0.25, -0.2) is 4.98 Å². The van der Waals surface area contributed by atoms with Crippen molar-refractivity contribution in [2.24, 2.45) is 0 Å². The molecule has 0 spiro atoms. The van der Waals surface area contributed by atoms with Crippen molar-refractivity contribution in [1.82, 2.24) is 4.98 Å². The molecule has 0 aliphatic rings. The highest BCUT2D eigenvalue weighted by atomic mass is 79.9. The molecular weight excluding hydrogens is 326 g/mol. The molecule has 0 fully saturated rings. The fourth-order valence-corrected chi connectivity index (χ4v) is 2.29. The van der Waals surface area contributed by atoms with Crippen LogP contribution in [0, 0.1) is 0 Å². The lowest BCUT2D eigenvalue weighted by Crippen LogP contribution is -1.86. The van der Waals surface area contributed by atoms with Crippen LogP contribution in [0.2, 0.25) is 5.02 Å². The average molecular weight is 335 g/mol. The fourth-order valence-electron chi connectivity index (χ4n) is 1.80. The number of rotatable bonds is 2. The number of fused-ring (bicyclic) bond motifs is 1. The molecule has 0 radical (unpaired) electrons. The van der Waals surface area contributed by atoms with Gasteiger partial charge in [0.25, 0.3) is 0 Å². The highest BCUT2D eigenvalue weighted by Gasteiger charge is 2.03. The number of hydrogen-bond donors (Lipinski definition) is 0. The first kappa shape index (κ1) is 12.5. The van der Waals surface area contributed by atoms with Gasteiger partial charge in [-0.05, 0) is 58.4 Å². The summed E-state index contributed by atoms with van der Waals surface area (Å²) >= 11 is 9.42. The van der Waals surface area contributed by atoms with Crippen LogP contribution in [-0.4, -0.2) is 4.98 Å². The Balaban J connectivity index is 1.98. The van der Waals surface area contributed by atoms with Crippen LogP contribution < -0.4 is 4.74 Å². The molecule has 0 aliphatic carbocycles. The lowest BCUT2D eigenvalue weighted by atomic mass is 10.2. The van der Waals surface area contributed by atoms with Gasteiger partial charge in [0.15, 0.2) is 0 Å². The molecule has 0 bridgehead atoms. The van der Waals surface area contributed by atoms with Crippen LogP contribution in [0.4, 0.5) is 0 Å². The lowest BCUT2D eigenvalue weighted by molar-refractivity contribution is 0.483. The molecule has 0 N–H and O–H groups in total. The smallest absolute Gasteiger partial charge is 0.146 e. The molecule has 2 aromatic carbocycles. The van der Waals surface area contributed by atoms with Crippen LogP contribution in [-0.2, 0) is 0 Å². The van der Waals surface area contributed by atoms with E-state index in [0.29, 0.717) is 10.8 Å². The first-order chi connectivity index (χ1) is 9.22. The topological polar surface area (TPSA) is 22.1 Å². The molecule has 94 valence electrons. The Morgan fingerprint density at radius 1 is 1.00 bits per heavy atom. The maximum Gasteiger partial charge on any atom is 0.146 e. The van der Waals surface area contributed by atoms with Gasteiger partial charge in [-0.3, -0.25) is 0 Å². The van der Waals surface area contributed by atoms with Gasteiger partial charge in [0.2, 0.25) is 0 Å². The number of pyridine rings is 1. The van der Waals surface area contributed by atoms with Crippen LogP contribution >= 0.6 is 27.5 Å². The van der Waals surface area contributed by atoms with Crippen LogP contribution in [0.15, 0.2) is 59.2 Å². The van der Waals surface area contributed by atoms with Gasteiger partial charge in [-0.1, -0.05) is 23.7 Å². The number of halogens is 2. The molecule has 19 heavy (non-hydrogen) atoms. The molecule has 4 heteroatoms. The Hall–Kier alpha value is -1.58. The van der Waals surface area contributed by atoms with Crippen LogP contribution in [0.25, 0.3) is 10.9 Å². The van der Waals surface area contributed by atoms with Crippen LogP contribution in [0.5, 0.6) is 11.5 Å². The predicted octanol–water partition coefficient (Wildman–Crippen LogP) is 5.44. The van der Waals surface area contributed by atoms with Crippen LogP contribution in [0.3, 0.4) is 0 Å². The number of nitrogens with zero attached hydrogens (tertiary/aromatic N) is 1. The number of benzene rings is 2. The third-order valence-electron chi connectivity index (χ3n) is 2.69. The summed E-state index contributed by atoms with van der Waals surface area (Å²) in [6, 6.07) is 17.0. The van der Waals surface area contributed by atoms with Gasteiger partial charge in [-0.15, -0.1) is 0 Å². The maximum absolute atomic E-state index is 6.07. The second-order valence-corrected chi connectivity index (χ2v) is 5.24. The Kier molecular flexibility index (Phi) is 3.40. The molecule has 0 amide bonds. The van der Waals surface area contributed by atoms with Crippen molar-refractivity contribution >= 4 is 38.4 Å². The Labute approximate surface area is 124 Å². The van der Waals surface area contributed by atoms with Gasteiger partial charge in [0.05, 0.1) is 10.5 Å². The summed E-state index contributed by atoms with van der Waals surface area (Å²) in [5, 5.41) is 1.62. The van der Waals surface area contributed by atoms with Crippen molar-refractivity contribution in [3.8, 4) is 11.5 Å². The SMILES string of the molecule is Clc1ccccc1Oc1ccc2nc(Br)ccc2c1. The molecule has 1 heterocycles. The maximum atomic E-state index is 6.07. The summed E-state index contributed by atoms with van der Waals surface area (Å²) in [6.45, 7) is 0. The lowest BCUT2D eigenvalue weighted by Gasteiger charge is -2.08. The summed E-state index contributed by atoms with van der Waals surface area (Å²) in [5.74, 6) is 1.39. The number of para-hydroxylation sites is 1. The summed E-state index contributed by atoms with van der Waals surface area (Å²) < 4.78 is 6.60. The zero-order chi connectivity index (χ0) is 13.2. The zero-order valence-electron chi connectivity index (χ0n) is 9.81. The van der Waals surface area contributed by atoms with Crippen LogP contribution in [0.1, 0.15) is 0 Å². The summed E-state index contributed by atoms with van der Waals surface area (Å²) in [6.07, 6.45) is 0. The van der Waals surface area contributed by atoms with E-state index < -0.39 is 0 Å². The Bertz CT molecular complexity index is 745. The quantitative estimate of drug-likeness (QED) is 0.582. The van der Waals surface area contributed by atoms with Gasteiger partial charge >= 0.3 is 0 Å².